The maximum Gasteiger partial charge on any atom is 0.262 e. The van der Waals surface area contributed by atoms with Gasteiger partial charge in [0.25, 0.3) is 5.56 Å². The van der Waals surface area contributed by atoms with E-state index in [0.717, 1.165) is 23.2 Å². The first-order valence-electron chi connectivity index (χ1n) is 10.1. The van der Waals surface area contributed by atoms with Crippen molar-refractivity contribution >= 4 is 34.8 Å². The predicted octanol–water partition coefficient (Wildman–Crippen LogP) is 4.88. The molecule has 1 atom stereocenters. The van der Waals surface area contributed by atoms with E-state index in [-0.39, 0.29) is 11.6 Å². The Morgan fingerprint density at radius 1 is 1.03 bits per heavy atom. The molecule has 3 heterocycles. The number of aromatic nitrogens is 3. The summed E-state index contributed by atoms with van der Waals surface area (Å²) in [5.74, 6) is 0.539. The monoisotopic (exact) mass is 394 g/mol. The van der Waals surface area contributed by atoms with Gasteiger partial charge in [0.2, 0.25) is 5.95 Å². The van der Waals surface area contributed by atoms with Gasteiger partial charge in [0.05, 0.1) is 5.39 Å². The summed E-state index contributed by atoms with van der Waals surface area (Å²) in [7, 11) is 0. The Kier molecular flexibility index (Phi) is 4.43. The Balaban J connectivity index is 1.60. The van der Waals surface area contributed by atoms with E-state index in [2.05, 4.69) is 53.0 Å². The van der Waals surface area contributed by atoms with Gasteiger partial charge in [-0.3, -0.25) is 9.78 Å². The summed E-state index contributed by atoms with van der Waals surface area (Å²) >= 11 is 0. The van der Waals surface area contributed by atoms with Gasteiger partial charge in [-0.2, -0.15) is 4.98 Å². The summed E-state index contributed by atoms with van der Waals surface area (Å²) in [5.41, 5.74) is 5.73. The van der Waals surface area contributed by atoms with E-state index in [0.29, 0.717) is 17.0 Å². The van der Waals surface area contributed by atoms with Crippen LogP contribution in [0.25, 0.3) is 23.2 Å². The number of aromatic amines is 1. The van der Waals surface area contributed by atoms with Crippen LogP contribution in [0.3, 0.4) is 0 Å². The first-order chi connectivity index (χ1) is 14.6. The molecule has 2 aromatic heterocycles. The van der Waals surface area contributed by atoms with Crippen molar-refractivity contribution in [3.63, 3.8) is 0 Å². The lowest BCUT2D eigenvalue weighted by molar-refractivity contribution is 0.740. The molecule has 148 valence electrons. The minimum absolute atomic E-state index is 0.177. The average Bonchev–Trinajstić information content (AvgIpc) is 3.08. The number of hydrogen-bond donors (Lipinski definition) is 1. The highest BCUT2D eigenvalue weighted by atomic mass is 16.1. The number of nitrogens with one attached hydrogen (secondary N) is 1. The number of aryl methyl sites for hydroxylation is 1. The van der Waals surface area contributed by atoms with Crippen LogP contribution in [0.5, 0.6) is 0 Å². The molecule has 2 aromatic carbocycles. The van der Waals surface area contributed by atoms with Crippen LogP contribution in [0.4, 0.5) is 11.6 Å². The lowest BCUT2D eigenvalue weighted by atomic mass is 10.1. The van der Waals surface area contributed by atoms with E-state index >= 15 is 0 Å². The SMILES string of the molecule is Cc1ccccc1/C=C/c1ccnc2nc(N3c4ccccc4C[C@@H]3C)[nH]c(=O)c12. The summed E-state index contributed by atoms with van der Waals surface area (Å²) in [6.07, 6.45) is 6.61. The van der Waals surface area contributed by atoms with Gasteiger partial charge >= 0.3 is 0 Å². The van der Waals surface area contributed by atoms with Gasteiger partial charge in [0.1, 0.15) is 0 Å². The van der Waals surface area contributed by atoms with Crippen LogP contribution in [0.2, 0.25) is 0 Å². The standard InChI is InChI=1S/C25H22N4O/c1-16-7-3-4-8-18(16)11-12-19-13-14-26-23-22(19)24(30)28-25(27-23)29-17(2)15-20-9-5-6-10-21(20)29/h3-14,17H,15H2,1-2H3,(H,26,27,28,30)/b12-11+/t17-/m0/s1. The molecule has 4 aromatic rings. The highest BCUT2D eigenvalue weighted by Gasteiger charge is 2.28. The van der Waals surface area contributed by atoms with Gasteiger partial charge in [0.15, 0.2) is 5.65 Å². The first-order valence-corrected chi connectivity index (χ1v) is 10.1. The maximum absolute atomic E-state index is 13.1. The minimum Gasteiger partial charge on any atom is -0.309 e. The molecule has 5 heteroatoms. The van der Waals surface area contributed by atoms with Crippen LogP contribution in [0, 0.1) is 6.92 Å². The van der Waals surface area contributed by atoms with Crippen molar-refractivity contribution in [2.75, 3.05) is 4.90 Å². The number of fused-ring (bicyclic) bond motifs is 2. The molecule has 0 bridgehead atoms. The fourth-order valence-corrected chi connectivity index (χ4v) is 4.17. The van der Waals surface area contributed by atoms with E-state index < -0.39 is 0 Å². The molecule has 0 spiro atoms. The number of pyridine rings is 1. The minimum atomic E-state index is -0.177. The molecule has 1 aliphatic heterocycles. The summed E-state index contributed by atoms with van der Waals surface area (Å²) in [6.45, 7) is 4.21. The molecule has 30 heavy (non-hydrogen) atoms. The molecular formula is C25H22N4O. The molecule has 0 amide bonds. The fraction of sp³-hybridized carbons (Fsp3) is 0.160. The topological polar surface area (TPSA) is 61.9 Å². The second-order valence-corrected chi connectivity index (χ2v) is 7.73. The second kappa shape index (κ2) is 7.26. The van der Waals surface area contributed by atoms with Crippen molar-refractivity contribution in [3.05, 3.63) is 93.4 Å². The van der Waals surface area contributed by atoms with Gasteiger partial charge in [-0.25, -0.2) is 4.98 Å². The molecule has 5 rings (SSSR count). The predicted molar refractivity (Wildman–Crippen MR) is 122 cm³/mol. The van der Waals surface area contributed by atoms with Crippen LogP contribution < -0.4 is 10.5 Å². The van der Waals surface area contributed by atoms with Crippen LogP contribution in [0.1, 0.15) is 29.2 Å². The molecule has 1 N–H and O–H groups in total. The summed E-state index contributed by atoms with van der Waals surface area (Å²) in [6, 6.07) is 18.5. The third-order valence-electron chi connectivity index (χ3n) is 5.69. The smallest absolute Gasteiger partial charge is 0.262 e. The molecule has 0 fully saturated rings. The maximum atomic E-state index is 13.1. The zero-order chi connectivity index (χ0) is 20.7. The van der Waals surface area contributed by atoms with E-state index in [1.807, 2.05) is 42.5 Å². The molecule has 0 aliphatic carbocycles. The van der Waals surface area contributed by atoms with Crippen molar-refractivity contribution in [2.45, 2.75) is 26.3 Å². The Morgan fingerprint density at radius 3 is 2.67 bits per heavy atom. The molecule has 0 radical (unpaired) electrons. The molecular weight excluding hydrogens is 372 g/mol. The zero-order valence-corrected chi connectivity index (χ0v) is 17.0. The van der Waals surface area contributed by atoms with E-state index in [1.54, 1.807) is 6.20 Å². The van der Waals surface area contributed by atoms with Gasteiger partial charge in [-0.1, -0.05) is 54.6 Å². The van der Waals surface area contributed by atoms with Crippen LogP contribution in [-0.2, 0) is 6.42 Å². The molecule has 0 saturated carbocycles. The Bertz CT molecular complexity index is 1340. The second-order valence-electron chi connectivity index (χ2n) is 7.73. The van der Waals surface area contributed by atoms with Gasteiger partial charge in [0, 0.05) is 17.9 Å². The van der Waals surface area contributed by atoms with Crippen molar-refractivity contribution < 1.29 is 0 Å². The first kappa shape index (κ1) is 18.3. The number of H-pyrrole nitrogens is 1. The van der Waals surface area contributed by atoms with Crippen molar-refractivity contribution in [1.82, 2.24) is 15.0 Å². The number of benzene rings is 2. The highest BCUT2D eigenvalue weighted by molar-refractivity contribution is 5.88. The van der Waals surface area contributed by atoms with Gasteiger partial charge < -0.3 is 4.90 Å². The van der Waals surface area contributed by atoms with Gasteiger partial charge in [-0.05, 0) is 54.7 Å². The number of hydrogen-bond acceptors (Lipinski definition) is 4. The van der Waals surface area contributed by atoms with Crippen molar-refractivity contribution in [3.8, 4) is 0 Å². The third-order valence-corrected chi connectivity index (χ3v) is 5.69. The largest absolute Gasteiger partial charge is 0.309 e. The molecule has 0 saturated heterocycles. The van der Waals surface area contributed by atoms with Crippen molar-refractivity contribution in [1.29, 1.82) is 0 Å². The average molecular weight is 394 g/mol. The highest BCUT2D eigenvalue weighted by Crippen LogP contribution is 2.36. The number of para-hydroxylation sites is 1. The van der Waals surface area contributed by atoms with Crippen LogP contribution >= 0.6 is 0 Å². The van der Waals surface area contributed by atoms with Crippen LogP contribution in [-0.4, -0.2) is 21.0 Å². The number of nitrogens with zero attached hydrogens (tertiary/aromatic N) is 3. The molecule has 1 aliphatic rings. The quantitative estimate of drug-likeness (QED) is 0.538. The van der Waals surface area contributed by atoms with Gasteiger partial charge in [-0.15, -0.1) is 0 Å². The Morgan fingerprint density at radius 2 is 1.80 bits per heavy atom. The summed E-state index contributed by atoms with van der Waals surface area (Å²) in [4.78, 5) is 27.3. The lowest BCUT2D eigenvalue weighted by Crippen LogP contribution is -2.28. The Labute approximate surface area is 174 Å². The van der Waals surface area contributed by atoms with Crippen molar-refractivity contribution in [2.24, 2.45) is 0 Å². The molecule has 5 nitrogen and oxygen atoms in total. The zero-order valence-electron chi connectivity index (χ0n) is 17.0. The molecule has 0 unspecified atom stereocenters. The van der Waals surface area contributed by atoms with E-state index in [4.69, 9.17) is 4.98 Å². The normalized spacial score (nSPS) is 15.8. The fourth-order valence-electron chi connectivity index (χ4n) is 4.17. The van der Waals surface area contributed by atoms with Crippen LogP contribution in [0.15, 0.2) is 65.6 Å². The summed E-state index contributed by atoms with van der Waals surface area (Å²) < 4.78 is 0. The Hall–Kier alpha value is -3.73. The van der Waals surface area contributed by atoms with E-state index in [9.17, 15) is 4.79 Å². The number of rotatable bonds is 3. The van der Waals surface area contributed by atoms with E-state index in [1.165, 1.54) is 11.1 Å². The number of anilines is 2. The summed E-state index contributed by atoms with van der Waals surface area (Å²) in [5, 5.41) is 0.506. The third kappa shape index (κ3) is 3.08. The lowest BCUT2D eigenvalue weighted by Gasteiger charge is -2.23.